The van der Waals surface area contributed by atoms with E-state index in [0.717, 1.165) is 19.3 Å². The SMILES string of the molecule is O=CC1(C=O)C2CC3CC(C2)CC1(C(=O)O)C3. The Labute approximate surface area is 99.4 Å². The summed E-state index contributed by atoms with van der Waals surface area (Å²) in [7, 11) is 0. The Hall–Kier alpha value is -1.19. The summed E-state index contributed by atoms with van der Waals surface area (Å²) in [5.74, 6) is -0.191. The average molecular weight is 236 g/mol. The molecule has 4 saturated carbocycles. The van der Waals surface area contributed by atoms with Gasteiger partial charge in [-0.05, 0) is 49.9 Å². The van der Waals surface area contributed by atoms with Crippen LogP contribution in [0.3, 0.4) is 0 Å². The van der Waals surface area contributed by atoms with E-state index < -0.39 is 16.8 Å². The molecule has 0 aromatic carbocycles. The molecule has 0 aromatic heterocycles. The van der Waals surface area contributed by atoms with E-state index in [9.17, 15) is 19.5 Å². The zero-order valence-electron chi connectivity index (χ0n) is 9.59. The topological polar surface area (TPSA) is 71.4 Å². The normalized spacial score (nSPS) is 45.5. The highest BCUT2D eigenvalue weighted by Crippen LogP contribution is 2.67. The number of rotatable bonds is 3. The number of carboxylic acid groups (broad SMARTS) is 1. The first-order valence-electron chi connectivity index (χ1n) is 6.24. The third-order valence-electron chi connectivity index (χ3n) is 5.48. The lowest BCUT2D eigenvalue weighted by Crippen LogP contribution is -2.64. The highest BCUT2D eigenvalue weighted by atomic mass is 16.4. The fourth-order valence-corrected chi connectivity index (χ4v) is 4.91. The maximum Gasteiger partial charge on any atom is 0.311 e. The first-order valence-corrected chi connectivity index (χ1v) is 6.24. The molecular weight excluding hydrogens is 220 g/mol. The Morgan fingerprint density at radius 2 is 1.59 bits per heavy atom. The van der Waals surface area contributed by atoms with E-state index >= 15 is 0 Å². The Morgan fingerprint density at radius 3 is 2.00 bits per heavy atom. The second kappa shape index (κ2) is 3.18. The van der Waals surface area contributed by atoms with Crippen molar-refractivity contribution in [2.24, 2.45) is 28.6 Å². The fourth-order valence-electron chi connectivity index (χ4n) is 4.91. The van der Waals surface area contributed by atoms with Gasteiger partial charge in [-0.25, -0.2) is 0 Å². The molecule has 0 spiro atoms. The number of carboxylic acids is 1. The van der Waals surface area contributed by atoms with E-state index in [2.05, 4.69) is 0 Å². The number of aliphatic carboxylic acids is 1. The van der Waals surface area contributed by atoms with E-state index in [-0.39, 0.29) is 5.92 Å². The number of hydrogen-bond donors (Lipinski definition) is 1. The fraction of sp³-hybridized carbons (Fsp3) is 0.769. The van der Waals surface area contributed by atoms with Crippen molar-refractivity contribution in [3.05, 3.63) is 0 Å². The predicted octanol–water partition coefficient (Wildman–Crippen LogP) is 1.28. The van der Waals surface area contributed by atoms with Gasteiger partial charge in [0, 0.05) is 0 Å². The molecule has 0 aliphatic heterocycles. The molecule has 4 nitrogen and oxygen atoms in total. The number of aldehydes is 2. The molecule has 4 aliphatic carbocycles. The number of carbonyl (C=O) groups is 3. The van der Waals surface area contributed by atoms with Crippen LogP contribution in [0.15, 0.2) is 0 Å². The highest BCUT2D eigenvalue weighted by Gasteiger charge is 2.69. The molecule has 4 aliphatic rings. The van der Waals surface area contributed by atoms with Crippen molar-refractivity contribution in [3.63, 3.8) is 0 Å². The van der Waals surface area contributed by atoms with Gasteiger partial charge in [0.15, 0.2) is 0 Å². The Bertz CT molecular complexity index is 378. The number of hydrogen-bond acceptors (Lipinski definition) is 3. The van der Waals surface area contributed by atoms with Crippen LogP contribution in [0.1, 0.15) is 32.1 Å². The maximum absolute atomic E-state index is 11.7. The van der Waals surface area contributed by atoms with Crippen molar-refractivity contribution in [3.8, 4) is 0 Å². The van der Waals surface area contributed by atoms with Crippen LogP contribution in [0.25, 0.3) is 0 Å². The van der Waals surface area contributed by atoms with Crippen LogP contribution >= 0.6 is 0 Å². The van der Waals surface area contributed by atoms with Gasteiger partial charge in [-0.3, -0.25) is 4.79 Å². The van der Waals surface area contributed by atoms with Crippen molar-refractivity contribution >= 4 is 18.5 Å². The van der Waals surface area contributed by atoms with Gasteiger partial charge in [0.1, 0.15) is 18.0 Å². The molecule has 92 valence electrons. The van der Waals surface area contributed by atoms with E-state index in [4.69, 9.17) is 0 Å². The predicted molar refractivity (Wildman–Crippen MR) is 58.2 cm³/mol. The monoisotopic (exact) mass is 236 g/mol. The van der Waals surface area contributed by atoms with Crippen LogP contribution in [0.5, 0.6) is 0 Å². The first kappa shape index (κ1) is 10.9. The van der Waals surface area contributed by atoms with Gasteiger partial charge < -0.3 is 14.7 Å². The third-order valence-corrected chi connectivity index (χ3v) is 5.48. The molecule has 4 heteroatoms. The molecule has 17 heavy (non-hydrogen) atoms. The summed E-state index contributed by atoms with van der Waals surface area (Å²) < 4.78 is 0. The van der Waals surface area contributed by atoms with Crippen LogP contribution in [0, 0.1) is 28.6 Å². The first-order chi connectivity index (χ1) is 8.08. The maximum atomic E-state index is 11.7. The standard InChI is InChI=1S/C13H16O4/c14-6-13(7-15)10-2-8-1-9(3-10)5-12(13,4-8)11(16)17/h6-10H,1-5H2,(H,16,17). The molecule has 0 heterocycles. The molecule has 2 atom stereocenters. The summed E-state index contributed by atoms with van der Waals surface area (Å²) in [5.41, 5.74) is -2.36. The van der Waals surface area contributed by atoms with E-state index in [1.807, 2.05) is 0 Å². The van der Waals surface area contributed by atoms with Crippen molar-refractivity contribution in [1.82, 2.24) is 0 Å². The molecule has 4 rings (SSSR count). The van der Waals surface area contributed by atoms with Gasteiger partial charge in [-0.1, -0.05) is 0 Å². The highest BCUT2D eigenvalue weighted by molar-refractivity contribution is 5.95. The quantitative estimate of drug-likeness (QED) is 0.592. The lowest BCUT2D eigenvalue weighted by Gasteiger charge is -2.61. The molecule has 0 radical (unpaired) electrons. The van der Waals surface area contributed by atoms with Crippen LogP contribution in [-0.2, 0) is 14.4 Å². The lowest BCUT2D eigenvalue weighted by molar-refractivity contribution is -0.197. The molecule has 4 fully saturated rings. The van der Waals surface area contributed by atoms with Gasteiger partial charge >= 0.3 is 5.97 Å². The van der Waals surface area contributed by atoms with Crippen LogP contribution in [0.2, 0.25) is 0 Å². The van der Waals surface area contributed by atoms with Gasteiger partial charge in [0.05, 0.1) is 5.41 Å². The summed E-state index contributed by atoms with van der Waals surface area (Å²) in [6.45, 7) is 0. The summed E-state index contributed by atoms with van der Waals surface area (Å²) in [6, 6.07) is 0. The van der Waals surface area contributed by atoms with Crippen molar-refractivity contribution in [2.45, 2.75) is 32.1 Å². The van der Waals surface area contributed by atoms with E-state index in [1.54, 1.807) is 0 Å². The van der Waals surface area contributed by atoms with Crippen molar-refractivity contribution < 1.29 is 19.5 Å². The van der Waals surface area contributed by atoms with Crippen molar-refractivity contribution in [1.29, 1.82) is 0 Å². The minimum Gasteiger partial charge on any atom is -0.481 e. The Kier molecular flexibility index (Phi) is 2.04. The van der Waals surface area contributed by atoms with Gasteiger partial charge in [0.25, 0.3) is 0 Å². The summed E-state index contributed by atoms with van der Waals surface area (Å²) >= 11 is 0. The van der Waals surface area contributed by atoms with Crippen LogP contribution in [0.4, 0.5) is 0 Å². The molecule has 4 bridgehead atoms. The molecular formula is C13H16O4. The molecule has 1 N–H and O–H groups in total. The second-order valence-corrected chi connectivity index (χ2v) is 6.10. The molecule has 2 unspecified atom stereocenters. The van der Waals surface area contributed by atoms with Crippen LogP contribution < -0.4 is 0 Å². The average Bonchev–Trinajstić information content (AvgIpc) is 2.29. The summed E-state index contributed by atoms with van der Waals surface area (Å²) in [5, 5.41) is 9.56. The Morgan fingerprint density at radius 1 is 1.06 bits per heavy atom. The minimum absolute atomic E-state index is 0.0418. The zero-order chi connectivity index (χ0) is 12.3. The third kappa shape index (κ3) is 1.06. The molecule has 0 aromatic rings. The molecule has 0 amide bonds. The lowest BCUT2D eigenvalue weighted by atomic mass is 9.39. The van der Waals surface area contributed by atoms with E-state index in [1.165, 1.54) is 0 Å². The van der Waals surface area contributed by atoms with Crippen molar-refractivity contribution in [2.75, 3.05) is 0 Å². The second-order valence-electron chi connectivity index (χ2n) is 6.10. The summed E-state index contributed by atoms with van der Waals surface area (Å²) in [6.07, 6.45) is 5.07. The Balaban J connectivity index is 2.17. The van der Waals surface area contributed by atoms with Gasteiger partial charge in [0.2, 0.25) is 0 Å². The van der Waals surface area contributed by atoms with Gasteiger partial charge in [-0.15, -0.1) is 0 Å². The number of carbonyl (C=O) groups excluding carboxylic acids is 2. The minimum atomic E-state index is -1.26. The van der Waals surface area contributed by atoms with Gasteiger partial charge in [-0.2, -0.15) is 0 Å². The zero-order valence-corrected chi connectivity index (χ0v) is 9.59. The largest absolute Gasteiger partial charge is 0.481 e. The van der Waals surface area contributed by atoms with E-state index in [0.29, 0.717) is 37.2 Å². The molecule has 0 saturated heterocycles. The van der Waals surface area contributed by atoms with Crippen LogP contribution in [-0.4, -0.2) is 23.6 Å². The smallest absolute Gasteiger partial charge is 0.311 e. The summed E-state index contributed by atoms with van der Waals surface area (Å²) in [4.78, 5) is 34.6.